The number of nitrogens with zero attached hydrogens (tertiary/aromatic N) is 1. The van der Waals surface area contributed by atoms with Crippen molar-refractivity contribution in [2.24, 2.45) is 0 Å². The molecule has 2 aliphatic rings. The fourth-order valence-corrected chi connectivity index (χ4v) is 6.51. The summed E-state index contributed by atoms with van der Waals surface area (Å²) >= 11 is 0. The van der Waals surface area contributed by atoms with Crippen LogP contribution in [0.25, 0.3) is 32.7 Å². The Kier molecular flexibility index (Phi) is 6.25. The monoisotopic (exact) mass is 578 g/mol. The van der Waals surface area contributed by atoms with Crippen LogP contribution in [0.1, 0.15) is 29.8 Å². The molecule has 7 rings (SSSR count). The summed E-state index contributed by atoms with van der Waals surface area (Å²) in [5.41, 5.74) is 5.08. The van der Waals surface area contributed by atoms with Crippen LogP contribution in [0.4, 0.5) is 11.4 Å². The number of nitrogens with one attached hydrogen (secondary N) is 1. The van der Waals surface area contributed by atoms with Crippen LogP contribution in [0, 0.1) is 0 Å². The number of esters is 1. The largest absolute Gasteiger partial charge is 0.870 e. The number of anilines is 1. The molecule has 0 unspecified atom stereocenters. The number of fused-ring (bicyclic) bond motifs is 3. The molecule has 6 heteroatoms. The van der Waals surface area contributed by atoms with Crippen LogP contribution in [0.15, 0.2) is 120 Å². The molecule has 216 valence electrons. The fraction of sp³-hybridized carbons (Fsp3) is 0.132. The summed E-state index contributed by atoms with van der Waals surface area (Å²) in [6.45, 7) is 4.17. The number of allylic oxidation sites excluding steroid dienone is 3. The predicted molar refractivity (Wildman–Crippen MR) is 172 cm³/mol. The smallest absolute Gasteiger partial charge is 0.339 e. The maximum Gasteiger partial charge on any atom is 0.339 e. The SMILES string of the molecule is COC(=O)c1cc(-c2cccc3cc4ccccc4cc23)ccc1NC1=C([O-])C(=CC2=[N+](C)c3ccccc3C2(C)C)C1=O. The van der Waals surface area contributed by atoms with E-state index in [1.165, 1.54) is 7.11 Å². The van der Waals surface area contributed by atoms with Gasteiger partial charge in [0.1, 0.15) is 7.05 Å². The van der Waals surface area contributed by atoms with Gasteiger partial charge in [0.05, 0.1) is 29.5 Å². The van der Waals surface area contributed by atoms with Crippen molar-refractivity contribution in [1.82, 2.24) is 0 Å². The van der Waals surface area contributed by atoms with Gasteiger partial charge in [0.25, 0.3) is 0 Å². The summed E-state index contributed by atoms with van der Waals surface area (Å²) in [6.07, 6.45) is 1.70. The average molecular weight is 579 g/mol. The minimum atomic E-state index is -0.571. The summed E-state index contributed by atoms with van der Waals surface area (Å²) in [5, 5.41) is 20.7. The van der Waals surface area contributed by atoms with E-state index in [1.54, 1.807) is 18.2 Å². The molecular formula is C38H30N2O4. The fourth-order valence-electron chi connectivity index (χ4n) is 6.51. The molecule has 0 radical (unpaired) electrons. The summed E-state index contributed by atoms with van der Waals surface area (Å²) < 4.78 is 7.12. The summed E-state index contributed by atoms with van der Waals surface area (Å²) in [6, 6.07) is 32.0. The lowest BCUT2D eigenvalue weighted by atomic mass is 9.79. The summed E-state index contributed by atoms with van der Waals surface area (Å²) in [7, 11) is 3.25. The third kappa shape index (κ3) is 4.14. The zero-order chi connectivity index (χ0) is 30.7. The summed E-state index contributed by atoms with van der Waals surface area (Å²) in [4.78, 5) is 26.3. The van der Waals surface area contributed by atoms with Crippen LogP contribution >= 0.6 is 0 Å². The standard InChI is InChI=1S/C38H30N2O4/c1-38(2)30-14-7-8-15-32(30)40(3)33(38)21-29-35(41)34(36(29)42)39-31-17-16-25(20-28(31)37(43)44-4)26-13-9-12-24-18-22-10-5-6-11-23(22)19-27(24)26/h5-21H,1-4H3,(H,41,42). The minimum absolute atomic E-state index is 0.0673. The lowest BCUT2D eigenvalue weighted by molar-refractivity contribution is -0.401. The van der Waals surface area contributed by atoms with Gasteiger partial charge in [-0.1, -0.05) is 72.5 Å². The van der Waals surface area contributed by atoms with Gasteiger partial charge in [0, 0.05) is 23.3 Å². The zero-order valence-electron chi connectivity index (χ0n) is 24.9. The quantitative estimate of drug-likeness (QED) is 0.109. The molecule has 6 nitrogen and oxygen atoms in total. The lowest BCUT2D eigenvalue weighted by Crippen LogP contribution is -2.36. The number of rotatable bonds is 5. The Morgan fingerprint density at radius 1 is 0.886 bits per heavy atom. The van der Waals surface area contributed by atoms with Crippen molar-refractivity contribution >= 4 is 50.4 Å². The van der Waals surface area contributed by atoms with E-state index in [0.29, 0.717) is 5.69 Å². The minimum Gasteiger partial charge on any atom is -0.870 e. The van der Waals surface area contributed by atoms with E-state index in [2.05, 4.69) is 55.6 Å². The Hall–Kier alpha value is -5.49. The van der Waals surface area contributed by atoms with Crippen molar-refractivity contribution in [2.45, 2.75) is 19.3 Å². The molecule has 1 heterocycles. The van der Waals surface area contributed by atoms with Crippen molar-refractivity contribution < 1.29 is 24.0 Å². The Morgan fingerprint density at radius 2 is 1.59 bits per heavy atom. The first kappa shape index (κ1) is 27.3. The number of methoxy groups -OCH3 is 1. The van der Waals surface area contributed by atoms with Crippen LogP contribution in [0.2, 0.25) is 0 Å². The van der Waals surface area contributed by atoms with Crippen molar-refractivity contribution in [3.8, 4) is 11.1 Å². The molecule has 1 aliphatic heterocycles. The van der Waals surface area contributed by atoms with Crippen molar-refractivity contribution in [3.63, 3.8) is 0 Å². The third-order valence-electron chi connectivity index (χ3n) is 8.91. The first-order valence-electron chi connectivity index (χ1n) is 14.5. The normalized spacial score (nSPS) is 16.5. The van der Waals surface area contributed by atoms with Crippen molar-refractivity contribution in [2.75, 3.05) is 19.5 Å². The van der Waals surface area contributed by atoms with Gasteiger partial charge in [-0.2, -0.15) is 4.58 Å². The molecule has 0 saturated heterocycles. The highest BCUT2D eigenvalue weighted by molar-refractivity contribution is 6.24. The highest BCUT2D eigenvalue weighted by Gasteiger charge is 2.44. The third-order valence-corrected chi connectivity index (χ3v) is 8.91. The Bertz CT molecular complexity index is 2170. The van der Waals surface area contributed by atoms with Crippen molar-refractivity contribution in [3.05, 3.63) is 131 Å². The second-order valence-corrected chi connectivity index (χ2v) is 11.8. The number of para-hydroxylation sites is 1. The average Bonchev–Trinajstić information content (AvgIpc) is 3.24. The number of hydrogen-bond acceptors (Lipinski definition) is 5. The van der Waals surface area contributed by atoms with Gasteiger partial charge >= 0.3 is 5.97 Å². The van der Waals surface area contributed by atoms with E-state index in [-0.39, 0.29) is 33.8 Å². The molecule has 0 fully saturated rings. The molecule has 0 bridgehead atoms. The molecule has 0 aromatic heterocycles. The molecule has 0 saturated carbocycles. The van der Waals surface area contributed by atoms with Crippen LogP contribution in [0.5, 0.6) is 0 Å². The highest BCUT2D eigenvalue weighted by atomic mass is 16.5. The van der Waals surface area contributed by atoms with Gasteiger partial charge < -0.3 is 15.2 Å². The predicted octanol–water partition coefficient (Wildman–Crippen LogP) is 6.65. The number of hydrogen-bond donors (Lipinski definition) is 1. The van der Waals surface area contributed by atoms with E-state index in [1.807, 2.05) is 60.2 Å². The van der Waals surface area contributed by atoms with Crippen molar-refractivity contribution in [1.29, 1.82) is 0 Å². The van der Waals surface area contributed by atoms with E-state index in [9.17, 15) is 14.7 Å². The number of benzene rings is 5. The van der Waals surface area contributed by atoms with Crippen LogP contribution < -0.4 is 10.4 Å². The molecule has 1 aliphatic carbocycles. The van der Waals surface area contributed by atoms with E-state index >= 15 is 0 Å². The Balaban J connectivity index is 1.25. The van der Waals surface area contributed by atoms with E-state index in [0.717, 1.165) is 49.6 Å². The van der Waals surface area contributed by atoms with Crippen LogP contribution in [-0.2, 0) is 14.9 Å². The number of ether oxygens (including phenoxy) is 1. The lowest BCUT2D eigenvalue weighted by Gasteiger charge is -2.31. The molecule has 0 spiro atoms. The van der Waals surface area contributed by atoms with Gasteiger partial charge in [0.2, 0.25) is 11.5 Å². The number of ketones is 1. The second-order valence-electron chi connectivity index (χ2n) is 11.8. The van der Waals surface area contributed by atoms with E-state index in [4.69, 9.17) is 4.74 Å². The Labute approximate surface area is 255 Å². The van der Waals surface area contributed by atoms with Crippen LogP contribution in [0.3, 0.4) is 0 Å². The zero-order valence-corrected chi connectivity index (χ0v) is 24.9. The first-order valence-corrected chi connectivity index (χ1v) is 14.5. The maximum atomic E-state index is 13.3. The molecule has 0 amide bonds. The number of carbonyl (C=O) groups excluding carboxylic acids is 2. The van der Waals surface area contributed by atoms with Gasteiger partial charge in [-0.15, -0.1) is 0 Å². The molecule has 1 N–H and O–H groups in total. The molecular weight excluding hydrogens is 548 g/mol. The molecule has 0 atom stereocenters. The van der Waals surface area contributed by atoms with Gasteiger partial charge in [-0.25, -0.2) is 4.79 Å². The number of Topliss-reactive ketones (excluding diaryl/α,β-unsaturated/α-hetero) is 1. The first-order chi connectivity index (χ1) is 21.2. The van der Waals surface area contributed by atoms with E-state index < -0.39 is 5.97 Å². The van der Waals surface area contributed by atoms with Crippen LogP contribution in [-0.4, -0.2) is 36.2 Å². The van der Waals surface area contributed by atoms with Gasteiger partial charge in [-0.05, 0) is 70.8 Å². The maximum absolute atomic E-state index is 13.3. The second kappa shape index (κ2) is 10.1. The summed E-state index contributed by atoms with van der Waals surface area (Å²) in [5.74, 6) is -1.34. The topological polar surface area (TPSA) is 81.5 Å². The van der Waals surface area contributed by atoms with Gasteiger partial charge in [0.15, 0.2) is 5.71 Å². The van der Waals surface area contributed by atoms with Gasteiger partial charge in [-0.3, -0.25) is 4.79 Å². The highest BCUT2D eigenvalue weighted by Crippen LogP contribution is 2.41. The Morgan fingerprint density at radius 3 is 2.32 bits per heavy atom. The number of carbonyl (C=O) groups is 2. The molecule has 44 heavy (non-hydrogen) atoms. The molecule has 5 aromatic carbocycles. The molecule has 5 aromatic rings.